The predicted molar refractivity (Wildman–Crippen MR) is 104 cm³/mol. The maximum absolute atomic E-state index is 11.8. The minimum Gasteiger partial charge on any atom is -0.465 e. The van der Waals surface area contributed by atoms with Gasteiger partial charge in [0.2, 0.25) is 0 Å². The number of halogens is 1. The van der Waals surface area contributed by atoms with Crippen LogP contribution in [0, 0.1) is 0 Å². The van der Waals surface area contributed by atoms with E-state index in [4.69, 9.17) is 4.74 Å². The Morgan fingerprint density at radius 3 is 2.35 bits per heavy atom. The van der Waals surface area contributed by atoms with Crippen LogP contribution in [0.3, 0.4) is 0 Å². The lowest BCUT2D eigenvalue weighted by atomic mass is 10.1. The lowest BCUT2D eigenvalue weighted by Gasteiger charge is -2.14. The van der Waals surface area contributed by atoms with Gasteiger partial charge in [-0.3, -0.25) is 9.69 Å². The number of carbonyl (C=O) groups is 2. The van der Waals surface area contributed by atoms with Gasteiger partial charge in [0.15, 0.2) is 0 Å². The zero-order valence-corrected chi connectivity index (χ0v) is 15.3. The zero-order valence-electron chi connectivity index (χ0n) is 14.5. The second kappa shape index (κ2) is 9.82. The summed E-state index contributed by atoms with van der Waals surface area (Å²) in [6, 6.07) is 17.7. The molecule has 2 amide bonds. The molecule has 1 heterocycles. The molecule has 0 unspecified atom stereocenters. The third kappa shape index (κ3) is 5.49. The largest absolute Gasteiger partial charge is 0.465 e. The summed E-state index contributed by atoms with van der Waals surface area (Å²) in [5.74, 6) is -0.182. The SMILES string of the molecule is Cl.O=C(CCc1ccc(N2CCNC2=O)cc1)OCCc1ccccc1. The van der Waals surface area contributed by atoms with Gasteiger partial charge in [0.05, 0.1) is 6.61 Å². The average molecular weight is 375 g/mol. The lowest BCUT2D eigenvalue weighted by Crippen LogP contribution is -2.27. The van der Waals surface area contributed by atoms with E-state index in [0.29, 0.717) is 32.5 Å². The Kier molecular flexibility index (Phi) is 7.48. The van der Waals surface area contributed by atoms with Crippen LogP contribution in [0.15, 0.2) is 54.6 Å². The third-order valence-electron chi connectivity index (χ3n) is 4.22. The number of benzene rings is 2. The molecule has 5 nitrogen and oxygen atoms in total. The third-order valence-corrected chi connectivity index (χ3v) is 4.22. The summed E-state index contributed by atoms with van der Waals surface area (Å²) in [5, 5.41) is 2.78. The van der Waals surface area contributed by atoms with Gasteiger partial charge in [-0.05, 0) is 29.7 Å². The number of amides is 2. The number of esters is 1. The van der Waals surface area contributed by atoms with Gasteiger partial charge in [-0.15, -0.1) is 12.4 Å². The fourth-order valence-corrected chi connectivity index (χ4v) is 2.81. The fourth-order valence-electron chi connectivity index (χ4n) is 2.81. The number of rotatable bonds is 7. The highest BCUT2D eigenvalue weighted by atomic mass is 35.5. The first kappa shape index (κ1) is 19.8. The molecule has 0 bridgehead atoms. The highest BCUT2D eigenvalue weighted by Crippen LogP contribution is 2.18. The zero-order chi connectivity index (χ0) is 17.5. The minimum atomic E-state index is -0.182. The van der Waals surface area contributed by atoms with Gasteiger partial charge in [-0.2, -0.15) is 0 Å². The van der Waals surface area contributed by atoms with Crippen molar-refractivity contribution in [2.45, 2.75) is 19.3 Å². The maximum atomic E-state index is 11.8. The molecule has 2 aromatic rings. The number of hydrogen-bond donors (Lipinski definition) is 1. The van der Waals surface area contributed by atoms with Crippen molar-refractivity contribution < 1.29 is 14.3 Å². The Bertz CT molecular complexity index is 720. The first-order valence-corrected chi connectivity index (χ1v) is 8.56. The summed E-state index contributed by atoms with van der Waals surface area (Å²) in [4.78, 5) is 25.2. The van der Waals surface area contributed by atoms with Gasteiger partial charge in [-0.1, -0.05) is 42.5 Å². The van der Waals surface area contributed by atoms with Gasteiger partial charge < -0.3 is 10.1 Å². The molecule has 1 saturated heterocycles. The first-order valence-electron chi connectivity index (χ1n) is 8.56. The van der Waals surface area contributed by atoms with Crippen molar-refractivity contribution in [3.63, 3.8) is 0 Å². The molecule has 6 heteroatoms. The Hall–Kier alpha value is -2.53. The number of urea groups is 1. The molecule has 0 aliphatic carbocycles. The number of anilines is 1. The molecule has 1 aliphatic rings. The predicted octanol–water partition coefficient (Wildman–Crippen LogP) is 3.36. The summed E-state index contributed by atoms with van der Waals surface area (Å²) in [7, 11) is 0. The van der Waals surface area contributed by atoms with E-state index in [1.807, 2.05) is 54.6 Å². The van der Waals surface area contributed by atoms with Crippen molar-refractivity contribution in [3.05, 3.63) is 65.7 Å². The van der Waals surface area contributed by atoms with Crippen LogP contribution >= 0.6 is 12.4 Å². The number of aryl methyl sites for hydroxylation is 1. The standard InChI is InChI=1S/C20H22N2O3.ClH/c23-19(25-15-12-16-4-2-1-3-5-16)11-8-17-6-9-18(10-7-17)22-14-13-21-20(22)24;/h1-7,9-10H,8,11-15H2,(H,21,24);1H. The number of ether oxygens (including phenoxy) is 1. The van der Waals surface area contributed by atoms with Gasteiger partial charge in [-0.25, -0.2) is 4.79 Å². The van der Waals surface area contributed by atoms with E-state index < -0.39 is 0 Å². The van der Waals surface area contributed by atoms with E-state index in [0.717, 1.165) is 23.2 Å². The van der Waals surface area contributed by atoms with Gasteiger partial charge in [0.1, 0.15) is 0 Å². The molecule has 1 aliphatic heterocycles. The van der Waals surface area contributed by atoms with Crippen molar-refractivity contribution in [3.8, 4) is 0 Å². The highest BCUT2D eigenvalue weighted by Gasteiger charge is 2.20. The topological polar surface area (TPSA) is 58.6 Å². The monoisotopic (exact) mass is 374 g/mol. The summed E-state index contributed by atoms with van der Waals surface area (Å²) in [6.07, 6.45) is 1.73. The first-order chi connectivity index (χ1) is 12.2. The molecular formula is C20H23ClN2O3. The Morgan fingerprint density at radius 2 is 1.69 bits per heavy atom. The lowest BCUT2D eigenvalue weighted by molar-refractivity contribution is -0.143. The van der Waals surface area contributed by atoms with Gasteiger partial charge >= 0.3 is 12.0 Å². The maximum Gasteiger partial charge on any atom is 0.321 e. The number of carbonyl (C=O) groups excluding carboxylic acids is 2. The van der Waals surface area contributed by atoms with E-state index in [-0.39, 0.29) is 24.4 Å². The molecule has 0 saturated carbocycles. The van der Waals surface area contributed by atoms with Crippen LogP contribution in [0.25, 0.3) is 0 Å². The molecule has 0 atom stereocenters. The van der Waals surface area contributed by atoms with Crippen LogP contribution in [-0.4, -0.2) is 31.7 Å². The average Bonchev–Trinajstić information content (AvgIpc) is 3.07. The number of nitrogens with one attached hydrogen (secondary N) is 1. The van der Waals surface area contributed by atoms with Crippen molar-refractivity contribution >= 4 is 30.1 Å². The quantitative estimate of drug-likeness (QED) is 0.756. The minimum absolute atomic E-state index is 0. The van der Waals surface area contributed by atoms with Crippen LogP contribution in [0.5, 0.6) is 0 Å². The smallest absolute Gasteiger partial charge is 0.321 e. The molecule has 0 spiro atoms. The molecule has 0 aromatic heterocycles. The van der Waals surface area contributed by atoms with Crippen LogP contribution < -0.4 is 10.2 Å². The summed E-state index contributed by atoms with van der Waals surface area (Å²) >= 11 is 0. The van der Waals surface area contributed by atoms with Gasteiger partial charge in [0.25, 0.3) is 0 Å². The molecule has 0 radical (unpaired) electrons. The van der Waals surface area contributed by atoms with E-state index in [1.54, 1.807) is 4.90 Å². The number of nitrogens with zero attached hydrogens (tertiary/aromatic N) is 1. The van der Waals surface area contributed by atoms with Crippen molar-refractivity contribution in [1.82, 2.24) is 5.32 Å². The van der Waals surface area contributed by atoms with E-state index >= 15 is 0 Å². The molecule has 2 aromatic carbocycles. The summed E-state index contributed by atoms with van der Waals surface area (Å²) in [6.45, 7) is 1.77. The van der Waals surface area contributed by atoms with Crippen molar-refractivity contribution in [2.75, 3.05) is 24.6 Å². The summed E-state index contributed by atoms with van der Waals surface area (Å²) in [5.41, 5.74) is 3.10. The second-order valence-electron chi connectivity index (χ2n) is 6.01. The molecule has 26 heavy (non-hydrogen) atoms. The molecular weight excluding hydrogens is 352 g/mol. The van der Waals surface area contributed by atoms with E-state index in [9.17, 15) is 9.59 Å². The highest BCUT2D eigenvalue weighted by molar-refractivity contribution is 5.94. The Labute approximate surface area is 159 Å². The molecule has 3 rings (SSSR count). The molecule has 1 N–H and O–H groups in total. The van der Waals surface area contributed by atoms with E-state index in [1.165, 1.54) is 0 Å². The normalized spacial score (nSPS) is 13.1. The van der Waals surface area contributed by atoms with Crippen LogP contribution in [0.1, 0.15) is 17.5 Å². The van der Waals surface area contributed by atoms with Crippen LogP contribution in [0.2, 0.25) is 0 Å². The molecule has 1 fully saturated rings. The fraction of sp³-hybridized carbons (Fsp3) is 0.300. The number of hydrogen-bond acceptors (Lipinski definition) is 3. The van der Waals surface area contributed by atoms with Gasteiger partial charge in [0, 0.05) is 31.6 Å². The van der Waals surface area contributed by atoms with Crippen LogP contribution in [-0.2, 0) is 22.4 Å². The molecule has 138 valence electrons. The van der Waals surface area contributed by atoms with Crippen molar-refractivity contribution in [1.29, 1.82) is 0 Å². The summed E-state index contributed by atoms with van der Waals surface area (Å²) < 4.78 is 5.29. The van der Waals surface area contributed by atoms with E-state index in [2.05, 4.69) is 5.32 Å². The van der Waals surface area contributed by atoms with Crippen LogP contribution in [0.4, 0.5) is 10.5 Å². The second-order valence-corrected chi connectivity index (χ2v) is 6.01. The van der Waals surface area contributed by atoms with Crippen molar-refractivity contribution in [2.24, 2.45) is 0 Å². The Morgan fingerprint density at radius 1 is 1.00 bits per heavy atom. The Balaban J connectivity index is 0.00000243.